The molecule has 1 aliphatic heterocycles. The summed E-state index contributed by atoms with van der Waals surface area (Å²) in [6.45, 7) is 1.39. The number of ether oxygens (including phenoxy) is 2. The number of pyridine rings is 1. The Kier molecular flexibility index (Phi) is 7.41. The molecule has 10 nitrogen and oxygen atoms in total. The van der Waals surface area contributed by atoms with Gasteiger partial charge in [0.2, 0.25) is 0 Å². The van der Waals surface area contributed by atoms with Crippen molar-refractivity contribution in [2.75, 3.05) is 45.2 Å². The lowest BCUT2D eigenvalue weighted by Crippen LogP contribution is -2.42. The summed E-state index contributed by atoms with van der Waals surface area (Å²) in [4.78, 5) is 17.9. The highest BCUT2D eigenvalue weighted by Gasteiger charge is 2.24. The van der Waals surface area contributed by atoms with Gasteiger partial charge >= 0.3 is 10.2 Å². The van der Waals surface area contributed by atoms with Crippen molar-refractivity contribution in [1.29, 1.82) is 5.41 Å². The normalized spacial score (nSPS) is 17.0. The van der Waals surface area contributed by atoms with Crippen LogP contribution in [0.4, 0.5) is 5.69 Å². The maximum atomic E-state index is 13.5. The number of hydrogen-bond acceptors (Lipinski definition) is 8. The van der Waals surface area contributed by atoms with Crippen LogP contribution in [0.1, 0.15) is 5.56 Å². The highest BCUT2D eigenvalue weighted by atomic mass is 32.2. The number of aromatic nitrogens is 1. The van der Waals surface area contributed by atoms with Gasteiger partial charge in [-0.25, -0.2) is 0 Å². The van der Waals surface area contributed by atoms with Gasteiger partial charge in [0.15, 0.2) is 5.43 Å². The van der Waals surface area contributed by atoms with Crippen LogP contribution >= 0.6 is 0 Å². The molecule has 0 spiro atoms. The molecule has 1 fully saturated rings. The zero-order valence-corrected chi connectivity index (χ0v) is 20.3. The summed E-state index contributed by atoms with van der Waals surface area (Å²) in [6.07, 6.45) is 4.09. The number of nitrogens with one attached hydrogen (secondary N) is 3. The van der Waals surface area contributed by atoms with Crippen molar-refractivity contribution >= 4 is 49.4 Å². The van der Waals surface area contributed by atoms with Gasteiger partial charge in [0.1, 0.15) is 0 Å². The minimum Gasteiger partial charge on any atom is -0.393 e. The van der Waals surface area contributed by atoms with Crippen molar-refractivity contribution in [3.63, 3.8) is 0 Å². The number of rotatable bonds is 8. The molecule has 184 valence electrons. The van der Waals surface area contributed by atoms with Gasteiger partial charge in [-0.05, 0) is 29.7 Å². The maximum absolute atomic E-state index is 13.5. The Morgan fingerprint density at radius 1 is 1.23 bits per heavy atom. The molecule has 0 radical (unpaired) electrons. The average Bonchev–Trinajstić information content (AvgIpc) is 2.99. The van der Waals surface area contributed by atoms with Crippen molar-refractivity contribution in [3.05, 3.63) is 64.6 Å². The van der Waals surface area contributed by atoms with Gasteiger partial charge in [0.05, 0.1) is 37.1 Å². The number of hydrogen-bond donors (Lipinski definition) is 3. The van der Waals surface area contributed by atoms with Gasteiger partial charge in [-0.2, -0.15) is 12.7 Å². The van der Waals surface area contributed by atoms with Crippen LogP contribution in [0.3, 0.4) is 0 Å². The molecule has 2 heterocycles. The molecule has 2 aromatic carbocycles. The molecule has 0 bridgehead atoms. The minimum atomic E-state index is -3.89. The van der Waals surface area contributed by atoms with E-state index in [0.29, 0.717) is 52.6 Å². The number of anilines is 1. The molecular weight excluding hydrogens is 470 g/mol. The van der Waals surface area contributed by atoms with Crippen molar-refractivity contribution in [3.8, 4) is 0 Å². The fourth-order valence-electron chi connectivity index (χ4n) is 3.84. The second kappa shape index (κ2) is 10.5. The molecule has 1 unspecified atom stereocenters. The molecule has 1 aromatic heterocycles. The summed E-state index contributed by atoms with van der Waals surface area (Å²) in [5.41, 5.74) is 1.67. The third-order valence-corrected chi connectivity index (χ3v) is 7.14. The number of nitrogens with zero attached hydrogens (tertiary/aromatic N) is 2. The molecule has 0 aliphatic carbocycles. The van der Waals surface area contributed by atoms with Gasteiger partial charge in [0, 0.05) is 61.2 Å². The molecule has 0 saturated carbocycles. The minimum absolute atomic E-state index is 0.138. The third-order valence-electron chi connectivity index (χ3n) is 5.67. The second-order valence-corrected chi connectivity index (χ2v) is 9.89. The fraction of sp³-hybridized carbons (Fsp3) is 0.292. The van der Waals surface area contributed by atoms with E-state index in [0.717, 1.165) is 4.31 Å². The molecule has 1 saturated heterocycles. The Morgan fingerprint density at radius 2 is 2.03 bits per heavy atom. The Labute approximate surface area is 203 Å². The first-order chi connectivity index (χ1) is 16.8. The largest absolute Gasteiger partial charge is 0.393 e. The molecule has 3 N–H and O–H groups in total. The first kappa shape index (κ1) is 24.7. The summed E-state index contributed by atoms with van der Waals surface area (Å²) in [5, 5.41) is 11.9. The highest BCUT2D eigenvalue weighted by molar-refractivity contribution is 7.90. The van der Waals surface area contributed by atoms with E-state index in [1.54, 1.807) is 49.8 Å². The second-order valence-electron chi connectivity index (χ2n) is 8.11. The van der Waals surface area contributed by atoms with E-state index >= 15 is 0 Å². The number of benzene rings is 1. The summed E-state index contributed by atoms with van der Waals surface area (Å²) in [7, 11) is -0.706. The van der Waals surface area contributed by atoms with E-state index < -0.39 is 10.2 Å². The molecular formula is C24H27N5O5S. The maximum Gasteiger partial charge on any atom is 0.301 e. The molecule has 0 amide bonds. The first-order valence-electron chi connectivity index (χ1n) is 11.0. The van der Waals surface area contributed by atoms with Crippen LogP contribution in [-0.4, -0.2) is 70.5 Å². The van der Waals surface area contributed by atoms with Gasteiger partial charge in [-0.3, -0.25) is 14.5 Å². The lowest BCUT2D eigenvalue weighted by molar-refractivity contribution is -0.0908. The predicted octanol–water partition coefficient (Wildman–Crippen LogP) is 1.96. The van der Waals surface area contributed by atoms with Gasteiger partial charge in [0.25, 0.3) is 0 Å². The Morgan fingerprint density at radius 3 is 2.74 bits per heavy atom. The molecule has 3 aromatic rings. The smallest absolute Gasteiger partial charge is 0.301 e. The summed E-state index contributed by atoms with van der Waals surface area (Å²) >= 11 is 0. The van der Waals surface area contributed by atoms with E-state index in [1.165, 1.54) is 19.3 Å². The molecule has 1 atom stereocenters. The fourth-order valence-corrected chi connectivity index (χ4v) is 4.78. The molecule has 4 rings (SSSR count). The lowest BCUT2D eigenvalue weighted by Gasteiger charge is -2.27. The SMILES string of the molecule is CN/C=C(\C=N)c1cnc2ccc3ccc(NS(=O)(=O)N(C)CC4COCCO4)cc3c(=O)c2c1. The number of allylic oxidation sites excluding steroid dienone is 1. The van der Waals surface area contributed by atoms with E-state index in [-0.39, 0.29) is 23.8 Å². The number of fused-ring (bicyclic) bond motifs is 2. The molecule has 11 heteroatoms. The third kappa shape index (κ3) is 5.49. The van der Waals surface area contributed by atoms with Gasteiger partial charge < -0.3 is 20.2 Å². The first-order valence-corrected chi connectivity index (χ1v) is 12.4. The highest BCUT2D eigenvalue weighted by Crippen LogP contribution is 2.22. The van der Waals surface area contributed by atoms with Crippen LogP contribution in [0.2, 0.25) is 0 Å². The quantitative estimate of drug-likeness (QED) is 0.405. The predicted molar refractivity (Wildman–Crippen MR) is 137 cm³/mol. The van der Waals surface area contributed by atoms with Crippen molar-refractivity contribution < 1.29 is 17.9 Å². The zero-order valence-electron chi connectivity index (χ0n) is 19.4. The van der Waals surface area contributed by atoms with Crippen molar-refractivity contribution in [2.45, 2.75) is 6.10 Å². The van der Waals surface area contributed by atoms with E-state index in [2.05, 4.69) is 15.0 Å². The van der Waals surface area contributed by atoms with Crippen molar-refractivity contribution in [2.24, 2.45) is 0 Å². The van der Waals surface area contributed by atoms with Crippen molar-refractivity contribution in [1.82, 2.24) is 14.6 Å². The Balaban J connectivity index is 1.70. The van der Waals surface area contributed by atoms with Crippen LogP contribution < -0.4 is 15.5 Å². The van der Waals surface area contributed by atoms with E-state index in [1.807, 2.05) is 0 Å². The van der Waals surface area contributed by atoms with Gasteiger partial charge in [-0.15, -0.1) is 0 Å². The van der Waals surface area contributed by atoms with Crippen LogP contribution in [0.15, 0.2) is 53.6 Å². The summed E-state index contributed by atoms with van der Waals surface area (Å²) < 4.78 is 40.3. The Bertz CT molecular complexity index is 1450. The monoisotopic (exact) mass is 497 g/mol. The molecule has 1 aliphatic rings. The van der Waals surface area contributed by atoms with Crippen LogP contribution in [0.25, 0.3) is 27.2 Å². The summed E-state index contributed by atoms with van der Waals surface area (Å²) in [6, 6.07) is 10.0. The van der Waals surface area contributed by atoms with Crippen LogP contribution in [0, 0.1) is 5.41 Å². The topological polar surface area (TPSA) is 134 Å². The van der Waals surface area contributed by atoms with Crippen LogP contribution in [-0.2, 0) is 19.7 Å². The standard InChI is InChI=1S/C24H27N5O5S/c1-26-12-18(11-25)17-9-22-23(27-13-17)6-4-16-3-5-19(10-21(16)24(22)30)28-35(31,32)29(2)14-20-15-33-7-8-34-20/h3-6,9-13,20,25-26,28H,7-8,14-15H2,1-2H3/b18-12+,25-11?. The van der Waals surface area contributed by atoms with Gasteiger partial charge in [-0.1, -0.05) is 12.1 Å². The van der Waals surface area contributed by atoms with E-state index in [4.69, 9.17) is 14.9 Å². The lowest BCUT2D eigenvalue weighted by atomic mass is 10.1. The average molecular weight is 498 g/mol. The number of likely N-dealkylation sites (N-methyl/N-ethyl adjacent to an activating group) is 1. The van der Waals surface area contributed by atoms with Crippen LogP contribution in [0.5, 0.6) is 0 Å². The molecule has 35 heavy (non-hydrogen) atoms. The summed E-state index contributed by atoms with van der Waals surface area (Å²) in [5.74, 6) is 0. The Hall–Kier alpha value is -3.38. The zero-order chi connectivity index (χ0) is 25.0. The van der Waals surface area contributed by atoms with E-state index in [9.17, 15) is 13.2 Å².